The number of nitrogens with one attached hydrogen (secondary N) is 4. The number of rotatable bonds is 28. The van der Waals surface area contributed by atoms with Gasteiger partial charge < -0.3 is 39.6 Å². The van der Waals surface area contributed by atoms with Crippen molar-refractivity contribution in [1.29, 1.82) is 0 Å². The number of quaternary nitrogens is 4. The van der Waals surface area contributed by atoms with Gasteiger partial charge in [-0.3, -0.25) is 0 Å². The fourth-order valence-corrected chi connectivity index (χ4v) is 13.3. The van der Waals surface area contributed by atoms with Crippen LogP contribution in [0.4, 0.5) is 11.4 Å². The van der Waals surface area contributed by atoms with E-state index in [1.165, 1.54) is 60.1 Å². The van der Waals surface area contributed by atoms with Crippen molar-refractivity contribution in [2.24, 2.45) is 0 Å². The summed E-state index contributed by atoms with van der Waals surface area (Å²) in [4.78, 5) is 10.5. The van der Waals surface area contributed by atoms with E-state index in [1.54, 1.807) is 9.80 Å². The van der Waals surface area contributed by atoms with Crippen LogP contribution in [0.3, 0.4) is 0 Å². The molecule has 0 aliphatic heterocycles. The summed E-state index contributed by atoms with van der Waals surface area (Å²) in [5.41, 5.74) is 15.0. The molecular formula is C80H110K2N6O2+4. The van der Waals surface area contributed by atoms with Gasteiger partial charge in [0.05, 0.1) is 26.2 Å². The van der Waals surface area contributed by atoms with E-state index in [4.69, 9.17) is 0 Å². The van der Waals surface area contributed by atoms with E-state index in [9.17, 15) is 10.2 Å². The second kappa shape index (κ2) is 35.7. The third kappa shape index (κ3) is 19.7. The van der Waals surface area contributed by atoms with Gasteiger partial charge in [-0.05, 0) is 115 Å². The molecule has 2 atom stereocenters. The zero-order valence-corrected chi connectivity index (χ0v) is 65.2. The molecule has 0 radical (unpaired) electrons. The summed E-state index contributed by atoms with van der Waals surface area (Å²) in [6.07, 6.45) is 8.86. The smallest absolute Gasteiger partial charge is 0.872 e. The third-order valence-corrected chi connectivity index (χ3v) is 19.8. The molecule has 8 nitrogen and oxygen atoms in total. The quantitative estimate of drug-likeness (QED) is 0.0556. The molecular weight excluding hydrogens is 1160 g/mol. The Hall–Kier alpha value is -3.67. The maximum atomic E-state index is 14.6. The Kier molecular flexibility index (Phi) is 30.6. The van der Waals surface area contributed by atoms with Gasteiger partial charge in [-0.25, -0.2) is 0 Å². The van der Waals surface area contributed by atoms with Crippen LogP contribution in [0, 0.1) is 0 Å². The standard InChI is InChI=1S/C40H55N3O.C40H53N3O.2K/c2*1-9-42(10-2)25-26-43(29-31-19-17-18-24-37(31)41(7)8)30-32-27-35(39(3,4)33-20-13-11-14-21-33)28-36(38(32)44)40(5,6)34-22-15-12-16-23-34;;/h11-13,15-20,22-24,27-28,44H,9-10,14,21,25-26,29-30H2,1-8H3;11-24,27-28,44H,9-10,25-26,29-30H2,1-8H3;;/q;;2*+1/p+2. The fourth-order valence-electron chi connectivity index (χ4n) is 13.3. The van der Waals surface area contributed by atoms with E-state index in [0.29, 0.717) is 13.1 Å². The van der Waals surface area contributed by atoms with E-state index in [1.807, 2.05) is 6.07 Å². The molecule has 1 aliphatic rings. The summed E-state index contributed by atoms with van der Waals surface area (Å²) in [5.74, 6) is 0.379. The molecule has 10 heteroatoms. The number of likely N-dealkylation sites (N-methyl/N-ethyl adjacent to an activating group) is 2. The zero-order chi connectivity index (χ0) is 63.8. The first-order valence-corrected chi connectivity index (χ1v) is 33.0. The minimum absolute atomic E-state index is 0. The summed E-state index contributed by atoms with van der Waals surface area (Å²) in [7, 11) is 8.46. The van der Waals surface area contributed by atoms with Crippen LogP contribution < -0.4 is 142 Å². The van der Waals surface area contributed by atoms with Crippen molar-refractivity contribution >= 4 is 11.4 Å². The van der Waals surface area contributed by atoms with Crippen molar-refractivity contribution in [1.82, 2.24) is 0 Å². The van der Waals surface area contributed by atoms with Gasteiger partial charge in [-0.2, -0.15) is 0 Å². The van der Waals surface area contributed by atoms with Crippen molar-refractivity contribution in [2.45, 2.75) is 144 Å². The monoisotopic (exact) mass is 1260 g/mol. The molecule has 8 rings (SSSR count). The zero-order valence-electron chi connectivity index (χ0n) is 58.9. The largest absolute Gasteiger partial charge is 1.00 e. The van der Waals surface area contributed by atoms with E-state index in [0.717, 1.165) is 106 Å². The van der Waals surface area contributed by atoms with Gasteiger partial charge in [0.2, 0.25) is 0 Å². The maximum absolute atomic E-state index is 14.6. The Labute approximate surface area is 630 Å². The molecule has 0 aromatic heterocycles. The summed E-state index contributed by atoms with van der Waals surface area (Å²) in [5, 5.41) is 29.2. The normalized spacial score (nSPS) is 13.4. The van der Waals surface area contributed by atoms with Crippen LogP contribution in [0.5, 0.6) is 11.5 Å². The van der Waals surface area contributed by atoms with Gasteiger partial charge >= 0.3 is 103 Å². The number of anilines is 2. The Morgan fingerprint density at radius 2 is 0.700 bits per heavy atom. The summed E-state index contributed by atoms with van der Waals surface area (Å²) >= 11 is 0. The molecule has 2 unspecified atom stereocenters. The molecule has 90 heavy (non-hydrogen) atoms. The molecule has 0 saturated heterocycles. The van der Waals surface area contributed by atoms with E-state index < -0.39 is 10.8 Å². The number of para-hydroxylation sites is 2. The first kappa shape index (κ1) is 77.0. The van der Waals surface area contributed by atoms with Gasteiger partial charge in [0, 0.05) is 72.4 Å². The Balaban J connectivity index is 0.000000320. The topological polar surface area (TPSA) is 70.4 Å². The SMILES string of the molecule is CC[NH+](CC)CC[NH+](Cc1ccccc1N(C)C)Cc1cc(C(C)(C)C2=CC=CCC2)cc(C(C)(C)c2ccccc2)c1[O-].CC[NH+](CC)CC[NH+](Cc1ccccc1N(C)C)Cc1cc(C(C)(C)c2ccccc2)cc(C(C)(C)c2ccccc2)c1[O-].[K+].[K+]. The summed E-state index contributed by atoms with van der Waals surface area (Å²) in [6.45, 7) is 38.9. The van der Waals surface area contributed by atoms with Crippen LogP contribution >= 0.6 is 0 Å². The fraction of sp³-hybridized carbons (Fsp3) is 0.425. The minimum atomic E-state index is -0.432. The second-order valence-electron chi connectivity index (χ2n) is 27.4. The predicted octanol–water partition coefficient (Wildman–Crippen LogP) is 4.21. The number of allylic oxidation sites excluding steroid dienone is 4. The number of hydrogen-bond donors (Lipinski definition) is 4. The van der Waals surface area contributed by atoms with Crippen LogP contribution in [0.25, 0.3) is 0 Å². The number of hydrogen-bond acceptors (Lipinski definition) is 4. The van der Waals surface area contributed by atoms with Gasteiger partial charge in [0.15, 0.2) is 0 Å². The first-order valence-electron chi connectivity index (χ1n) is 33.0. The van der Waals surface area contributed by atoms with E-state index >= 15 is 0 Å². The van der Waals surface area contributed by atoms with Gasteiger partial charge in [-0.15, -0.1) is 0 Å². The van der Waals surface area contributed by atoms with Crippen LogP contribution in [0.15, 0.2) is 188 Å². The predicted molar refractivity (Wildman–Crippen MR) is 369 cm³/mol. The number of benzene rings is 7. The molecule has 0 amide bonds. The average molecular weight is 1270 g/mol. The van der Waals surface area contributed by atoms with Crippen LogP contribution in [-0.4, -0.2) is 80.5 Å². The molecule has 4 N–H and O–H groups in total. The first-order chi connectivity index (χ1) is 42.0. The molecule has 0 spiro atoms. The summed E-state index contributed by atoms with van der Waals surface area (Å²) in [6, 6.07) is 58.1. The van der Waals surface area contributed by atoms with Crippen molar-refractivity contribution in [3.63, 3.8) is 0 Å². The minimum Gasteiger partial charge on any atom is -0.872 e. The van der Waals surface area contributed by atoms with E-state index in [2.05, 4.69) is 297 Å². The maximum Gasteiger partial charge on any atom is 1.00 e. The van der Waals surface area contributed by atoms with Crippen LogP contribution in [0.2, 0.25) is 0 Å². The molecule has 0 fully saturated rings. The molecule has 0 bridgehead atoms. The molecule has 0 heterocycles. The van der Waals surface area contributed by atoms with Crippen molar-refractivity contribution in [2.75, 3.05) is 90.3 Å². The van der Waals surface area contributed by atoms with Gasteiger partial charge in [-0.1, -0.05) is 230 Å². The summed E-state index contributed by atoms with van der Waals surface area (Å²) < 4.78 is 0. The molecule has 7 aromatic carbocycles. The van der Waals surface area contributed by atoms with Gasteiger partial charge in [0.1, 0.15) is 52.4 Å². The van der Waals surface area contributed by atoms with Crippen LogP contribution in [0.1, 0.15) is 157 Å². The van der Waals surface area contributed by atoms with Gasteiger partial charge in [0.25, 0.3) is 0 Å². The molecule has 7 aromatic rings. The Morgan fingerprint density at radius 3 is 1.04 bits per heavy atom. The Bertz CT molecular complexity index is 3370. The Morgan fingerprint density at radius 1 is 0.378 bits per heavy atom. The van der Waals surface area contributed by atoms with Crippen LogP contribution in [-0.2, 0) is 47.8 Å². The van der Waals surface area contributed by atoms with Crippen molar-refractivity contribution < 1.29 is 133 Å². The van der Waals surface area contributed by atoms with Crippen molar-refractivity contribution in [3.8, 4) is 11.5 Å². The third-order valence-electron chi connectivity index (χ3n) is 19.8. The molecule has 1 aliphatic carbocycles. The molecule has 0 saturated carbocycles. The number of nitrogens with zero attached hydrogens (tertiary/aromatic N) is 2. The second-order valence-corrected chi connectivity index (χ2v) is 27.4. The van der Waals surface area contributed by atoms with E-state index in [-0.39, 0.29) is 125 Å². The van der Waals surface area contributed by atoms with Crippen molar-refractivity contribution in [3.05, 3.63) is 249 Å². The molecule has 470 valence electrons. The average Bonchev–Trinajstić information content (AvgIpc) is 0.808.